The zero-order valence-corrected chi connectivity index (χ0v) is 41.6. The number of aliphatic hydroxyl groups is 2. The normalized spacial score (nSPS) is 14.5. The van der Waals surface area contributed by atoms with Gasteiger partial charge in [-0.05, 0) is 83.5 Å². The van der Waals surface area contributed by atoms with Crippen molar-refractivity contribution in [1.82, 2.24) is 0 Å². The monoisotopic (exact) mass is 931 g/mol. The molecule has 3 N–H and O–H groups in total. The molecule has 10 nitrogen and oxygen atoms in total. The fraction of sp³-hybridized carbons (Fsp3) is 0.667. The van der Waals surface area contributed by atoms with E-state index >= 15 is 0 Å². The maximum Gasteiger partial charge on any atom is 0.472 e. The van der Waals surface area contributed by atoms with Gasteiger partial charge in [0.1, 0.15) is 12.7 Å². The van der Waals surface area contributed by atoms with Gasteiger partial charge in [0.25, 0.3) is 0 Å². The molecular weight excluding hydrogens is 840 g/mol. The number of aliphatic hydroxyl groups excluding tert-OH is 2. The molecule has 0 spiro atoms. The zero-order valence-electron chi connectivity index (χ0n) is 40.7. The highest BCUT2D eigenvalue weighted by molar-refractivity contribution is 7.47. The van der Waals surface area contributed by atoms with Crippen LogP contribution in [0.5, 0.6) is 0 Å². The van der Waals surface area contributed by atoms with E-state index in [9.17, 15) is 24.2 Å². The maximum absolute atomic E-state index is 12.6. The first kappa shape index (κ1) is 61.9. The van der Waals surface area contributed by atoms with Crippen molar-refractivity contribution in [2.75, 3.05) is 26.4 Å². The number of carbonyl (C=O) groups is 2. The van der Waals surface area contributed by atoms with Crippen LogP contribution in [0.2, 0.25) is 0 Å². The van der Waals surface area contributed by atoms with Crippen LogP contribution in [0.3, 0.4) is 0 Å². The number of phosphoric ester groups is 1. The van der Waals surface area contributed by atoms with Gasteiger partial charge in [0.2, 0.25) is 0 Å². The van der Waals surface area contributed by atoms with Crippen LogP contribution in [0.1, 0.15) is 194 Å². The molecule has 0 saturated heterocycles. The van der Waals surface area contributed by atoms with Crippen LogP contribution in [-0.2, 0) is 32.7 Å². The molecule has 65 heavy (non-hydrogen) atoms. The highest BCUT2D eigenvalue weighted by Gasteiger charge is 2.27. The highest BCUT2D eigenvalue weighted by atomic mass is 31.2. The Morgan fingerprint density at radius 2 is 0.892 bits per heavy atom. The summed E-state index contributed by atoms with van der Waals surface area (Å²) in [6, 6.07) is 0. The molecule has 0 aliphatic carbocycles. The highest BCUT2D eigenvalue weighted by Crippen LogP contribution is 2.43. The van der Waals surface area contributed by atoms with Crippen LogP contribution in [0.25, 0.3) is 0 Å². The Morgan fingerprint density at radius 3 is 1.38 bits per heavy atom. The quantitative estimate of drug-likeness (QED) is 0.0233. The summed E-state index contributed by atoms with van der Waals surface area (Å²) in [5.41, 5.74) is 0. The smallest absolute Gasteiger partial charge is 0.462 e. The lowest BCUT2D eigenvalue weighted by atomic mass is 10.0. The molecule has 0 rings (SSSR count). The molecule has 0 aliphatic heterocycles. The van der Waals surface area contributed by atoms with Crippen LogP contribution < -0.4 is 0 Å². The lowest BCUT2D eigenvalue weighted by Crippen LogP contribution is -2.29. The molecule has 0 aromatic heterocycles. The molecule has 0 fully saturated rings. The van der Waals surface area contributed by atoms with Gasteiger partial charge in [0, 0.05) is 12.8 Å². The summed E-state index contributed by atoms with van der Waals surface area (Å²) in [7, 11) is -4.66. The number of hydrogen-bond acceptors (Lipinski definition) is 9. The summed E-state index contributed by atoms with van der Waals surface area (Å²) < 4.78 is 32.7. The number of esters is 2. The number of unbranched alkanes of at least 4 members (excludes halogenated alkanes) is 16. The first-order valence-electron chi connectivity index (χ1n) is 25.2. The SMILES string of the molecule is CC/C=C/C/C=C/C/C=C/C/C=C/C/C=C/C/C=C/CCC(=O)O[C@H](COC(=O)CCC/C=C/CC/C=C/CCCCCCCCCCCCCCCC)COP(=O)(O)OC[C@@H](O)CO. The third kappa shape index (κ3) is 48.6. The Hall–Kier alpha value is -3.11. The van der Waals surface area contributed by atoms with Gasteiger partial charge in [0.15, 0.2) is 6.10 Å². The van der Waals surface area contributed by atoms with Gasteiger partial charge in [-0.3, -0.25) is 18.6 Å². The van der Waals surface area contributed by atoms with Crippen LogP contribution in [-0.4, -0.2) is 65.7 Å². The predicted molar refractivity (Wildman–Crippen MR) is 269 cm³/mol. The van der Waals surface area contributed by atoms with E-state index < -0.39 is 51.8 Å². The molecule has 0 bridgehead atoms. The molecule has 0 aromatic rings. The standard InChI is InChI=1S/C54H91O10P/c1-3-5-7-9-11-13-15-17-19-21-23-24-25-26-28-29-31-33-35-37-39-41-43-45-53(57)61-49-52(50-63-65(59,60)62-48-51(56)47-55)64-54(58)46-44-42-40-38-36-34-32-30-27-22-20-18-16-14-12-10-8-6-4-2/h6,8,12,14,18,20,27,29-31,34,36-37,39-40,42,51-52,55-56H,3-5,7,9-11,13,15-17,19,21-26,28,32-33,35,38,41,43-50H2,1-2H3,(H,59,60)/b8-6+,14-12+,20-18+,30-27+,31-29+,36-34+,39-37+,42-40+/t51-,52+/m0/s1. The summed E-state index contributed by atoms with van der Waals surface area (Å²) in [5.74, 6) is -1.08. The number of hydrogen-bond donors (Lipinski definition) is 3. The molecule has 1 unspecified atom stereocenters. The first-order valence-corrected chi connectivity index (χ1v) is 26.7. The molecule has 372 valence electrons. The zero-order chi connectivity index (χ0) is 47.6. The molecule has 0 aliphatic rings. The van der Waals surface area contributed by atoms with E-state index in [1.54, 1.807) is 0 Å². The third-order valence-corrected chi connectivity index (χ3v) is 11.2. The van der Waals surface area contributed by atoms with Crippen molar-refractivity contribution >= 4 is 19.8 Å². The van der Waals surface area contributed by atoms with E-state index in [-0.39, 0.29) is 19.4 Å². The number of ether oxygens (including phenoxy) is 2. The average Bonchev–Trinajstić information content (AvgIpc) is 3.30. The van der Waals surface area contributed by atoms with Crippen molar-refractivity contribution < 1.29 is 47.8 Å². The van der Waals surface area contributed by atoms with Gasteiger partial charge in [-0.25, -0.2) is 4.57 Å². The second kappa shape index (κ2) is 48.8. The Labute approximate surface area is 395 Å². The van der Waals surface area contributed by atoms with Crippen molar-refractivity contribution in [3.8, 4) is 0 Å². The molecule has 0 heterocycles. The molecule has 0 aromatic carbocycles. The van der Waals surface area contributed by atoms with E-state index in [0.29, 0.717) is 12.8 Å². The summed E-state index contributed by atoms with van der Waals surface area (Å²) in [4.78, 5) is 35.1. The van der Waals surface area contributed by atoms with Gasteiger partial charge < -0.3 is 24.6 Å². The van der Waals surface area contributed by atoms with E-state index in [0.717, 1.165) is 64.2 Å². The van der Waals surface area contributed by atoms with Crippen LogP contribution in [0.15, 0.2) is 97.2 Å². The number of allylic oxidation sites excluding steroid dienone is 16. The minimum atomic E-state index is -4.66. The minimum Gasteiger partial charge on any atom is -0.462 e. The molecule has 0 radical (unpaired) electrons. The third-order valence-electron chi connectivity index (χ3n) is 10.2. The van der Waals surface area contributed by atoms with E-state index in [1.165, 1.54) is 89.9 Å². The topological polar surface area (TPSA) is 149 Å². The molecule has 3 atom stereocenters. The Bertz CT molecular complexity index is 1400. The Morgan fingerprint density at radius 1 is 0.477 bits per heavy atom. The van der Waals surface area contributed by atoms with Gasteiger partial charge >= 0.3 is 19.8 Å². The van der Waals surface area contributed by atoms with Gasteiger partial charge in [-0.2, -0.15) is 0 Å². The summed E-state index contributed by atoms with van der Waals surface area (Å²) in [6.45, 7) is 2.15. The second-order valence-corrected chi connectivity index (χ2v) is 17.9. The number of carbonyl (C=O) groups excluding carboxylic acids is 2. The number of phosphoric acid groups is 1. The van der Waals surface area contributed by atoms with Crippen LogP contribution in [0.4, 0.5) is 0 Å². The van der Waals surface area contributed by atoms with Gasteiger partial charge in [-0.15, -0.1) is 0 Å². The summed E-state index contributed by atoms with van der Waals surface area (Å²) >= 11 is 0. The minimum absolute atomic E-state index is 0.0459. The Kier molecular flexibility index (Phi) is 46.5. The fourth-order valence-corrected chi connectivity index (χ4v) is 7.18. The van der Waals surface area contributed by atoms with Crippen LogP contribution >= 0.6 is 7.82 Å². The largest absolute Gasteiger partial charge is 0.472 e. The lowest BCUT2D eigenvalue weighted by molar-refractivity contribution is -0.161. The van der Waals surface area contributed by atoms with Crippen LogP contribution in [0, 0.1) is 0 Å². The van der Waals surface area contributed by atoms with E-state index in [4.69, 9.17) is 19.1 Å². The van der Waals surface area contributed by atoms with E-state index in [1.807, 2.05) is 12.2 Å². The molecular formula is C54H91O10P. The molecule has 11 heteroatoms. The second-order valence-electron chi connectivity index (χ2n) is 16.4. The van der Waals surface area contributed by atoms with Crippen molar-refractivity contribution in [3.05, 3.63) is 97.2 Å². The lowest BCUT2D eigenvalue weighted by Gasteiger charge is -2.20. The van der Waals surface area contributed by atoms with Crippen molar-refractivity contribution in [3.63, 3.8) is 0 Å². The number of rotatable bonds is 46. The maximum atomic E-state index is 12.6. The van der Waals surface area contributed by atoms with Crippen molar-refractivity contribution in [2.45, 2.75) is 206 Å². The van der Waals surface area contributed by atoms with Crippen molar-refractivity contribution in [2.24, 2.45) is 0 Å². The average molecular weight is 931 g/mol. The molecule has 0 amide bonds. The predicted octanol–water partition coefficient (Wildman–Crippen LogP) is 14.3. The molecule has 0 saturated carbocycles. The summed E-state index contributed by atoms with van der Waals surface area (Å²) in [5, 5.41) is 18.4. The van der Waals surface area contributed by atoms with Gasteiger partial charge in [0.05, 0.1) is 19.8 Å². The first-order chi connectivity index (χ1) is 31.7. The van der Waals surface area contributed by atoms with Crippen molar-refractivity contribution in [1.29, 1.82) is 0 Å². The summed E-state index contributed by atoms with van der Waals surface area (Å²) in [6.07, 6.45) is 61.2. The Balaban J connectivity index is 4.36. The van der Waals surface area contributed by atoms with Gasteiger partial charge in [-0.1, -0.05) is 195 Å². The fourth-order valence-electron chi connectivity index (χ4n) is 6.39. The van der Waals surface area contributed by atoms with E-state index in [2.05, 4.69) is 103 Å².